The third kappa shape index (κ3) is 3.93. The summed E-state index contributed by atoms with van der Waals surface area (Å²) in [5.74, 6) is 0.0176. The molecule has 1 aromatic heterocycles. The Bertz CT molecular complexity index is 510. The third-order valence-electron chi connectivity index (χ3n) is 2.86. The number of benzene rings is 1. The van der Waals surface area contributed by atoms with Gasteiger partial charge >= 0.3 is 0 Å². The summed E-state index contributed by atoms with van der Waals surface area (Å²) in [7, 11) is 0. The van der Waals surface area contributed by atoms with Gasteiger partial charge in [-0.25, -0.2) is 4.98 Å². The number of hydrogen-bond acceptors (Lipinski definition) is 5. The van der Waals surface area contributed by atoms with E-state index >= 15 is 0 Å². The summed E-state index contributed by atoms with van der Waals surface area (Å²) in [6.45, 7) is 4.45. The van der Waals surface area contributed by atoms with Gasteiger partial charge in [0.25, 0.3) is 0 Å². The van der Waals surface area contributed by atoms with E-state index in [4.69, 9.17) is 5.73 Å². The molecule has 0 unspecified atom stereocenters. The Kier molecular flexibility index (Phi) is 4.30. The third-order valence-corrected chi connectivity index (χ3v) is 2.86. The summed E-state index contributed by atoms with van der Waals surface area (Å²) in [6.07, 6.45) is 0. The maximum atomic E-state index is 9.42. The van der Waals surface area contributed by atoms with E-state index in [9.17, 15) is 5.11 Å². The van der Waals surface area contributed by atoms with E-state index in [1.807, 2.05) is 18.2 Å². The summed E-state index contributed by atoms with van der Waals surface area (Å²) in [6, 6.07) is 11.8. The summed E-state index contributed by atoms with van der Waals surface area (Å²) in [5.41, 5.74) is 7.50. The molecule has 2 aromatic rings. The predicted octanol–water partition coefficient (Wildman–Crippen LogP) is 1.79. The number of aromatic nitrogens is 2. The number of nitrogens with zero attached hydrogens (tertiary/aromatic N) is 3. The molecule has 0 saturated carbocycles. The Hall–Kier alpha value is -2.14. The molecule has 0 amide bonds. The molecule has 2 rings (SSSR count). The van der Waals surface area contributed by atoms with Crippen LogP contribution in [-0.2, 0) is 13.1 Å². The second-order valence-electron chi connectivity index (χ2n) is 4.36. The second-order valence-corrected chi connectivity index (χ2v) is 4.36. The van der Waals surface area contributed by atoms with E-state index < -0.39 is 0 Å². The van der Waals surface area contributed by atoms with Crippen LogP contribution in [0.4, 0.5) is 5.95 Å². The van der Waals surface area contributed by atoms with Crippen LogP contribution in [-0.4, -0.2) is 26.5 Å². The molecule has 0 aliphatic heterocycles. The zero-order chi connectivity index (χ0) is 13.7. The van der Waals surface area contributed by atoms with Crippen LogP contribution in [0.5, 0.6) is 5.88 Å². The van der Waals surface area contributed by atoms with Gasteiger partial charge < -0.3 is 10.8 Å². The number of anilines is 1. The van der Waals surface area contributed by atoms with Crippen molar-refractivity contribution in [2.75, 3.05) is 12.3 Å². The Morgan fingerprint density at radius 3 is 2.53 bits per heavy atom. The molecule has 5 nitrogen and oxygen atoms in total. The quantitative estimate of drug-likeness (QED) is 0.855. The Labute approximate surface area is 112 Å². The Balaban J connectivity index is 2.06. The normalized spacial score (nSPS) is 10.8. The number of hydrogen-bond donors (Lipinski definition) is 2. The van der Waals surface area contributed by atoms with Gasteiger partial charge in [0.1, 0.15) is 0 Å². The highest BCUT2D eigenvalue weighted by Crippen LogP contribution is 2.12. The van der Waals surface area contributed by atoms with E-state index in [1.165, 1.54) is 5.56 Å². The van der Waals surface area contributed by atoms with Crippen molar-refractivity contribution in [2.24, 2.45) is 0 Å². The monoisotopic (exact) mass is 258 g/mol. The van der Waals surface area contributed by atoms with Gasteiger partial charge in [0.2, 0.25) is 11.8 Å². The van der Waals surface area contributed by atoms with Crippen LogP contribution in [0.2, 0.25) is 0 Å². The van der Waals surface area contributed by atoms with E-state index in [0.29, 0.717) is 6.54 Å². The minimum absolute atomic E-state index is 0.0849. The smallest absolute Gasteiger partial charge is 0.223 e. The number of nitrogen functional groups attached to an aromatic ring is 1. The average Bonchev–Trinajstić information content (AvgIpc) is 2.38. The Morgan fingerprint density at radius 2 is 1.89 bits per heavy atom. The molecular weight excluding hydrogens is 240 g/mol. The first-order valence-corrected chi connectivity index (χ1v) is 6.26. The molecule has 0 fully saturated rings. The molecule has 0 atom stereocenters. The van der Waals surface area contributed by atoms with Gasteiger partial charge in [0.15, 0.2) is 0 Å². The molecule has 1 heterocycles. The molecule has 0 radical (unpaired) electrons. The first-order chi connectivity index (χ1) is 9.17. The van der Waals surface area contributed by atoms with Crippen LogP contribution >= 0.6 is 0 Å². The number of nitrogens with two attached hydrogens (primary N) is 1. The van der Waals surface area contributed by atoms with Gasteiger partial charge in [-0.1, -0.05) is 37.3 Å². The first-order valence-electron chi connectivity index (χ1n) is 6.26. The zero-order valence-corrected chi connectivity index (χ0v) is 11.0. The lowest BCUT2D eigenvalue weighted by atomic mass is 10.2. The Morgan fingerprint density at radius 1 is 1.16 bits per heavy atom. The average molecular weight is 258 g/mol. The summed E-state index contributed by atoms with van der Waals surface area (Å²) in [4.78, 5) is 10.0. The van der Waals surface area contributed by atoms with Crippen molar-refractivity contribution < 1.29 is 5.11 Å². The van der Waals surface area contributed by atoms with Gasteiger partial charge in [-0.15, -0.1) is 0 Å². The molecule has 0 bridgehead atoms. The standard InChI is InChI=1S/C14H18N4O/c1-2-18(9-11-6-4-3-5-7-11)10-12-8-13(19)17-14(15)16-12/h3-8H,2,9-10H2,1H3,(H3,15,16,17,19). The minimum atomic E-state index is -0.0849. The van der Waals surface area contributed by atoms with Crippen molar-refractivity contribution in [1.82, 2.24) is 14.9 Å². The molecule has 0 aliphatic carbocycles. The van der Waals surface area contributed by atoms with Gasteiger partial charge in [-0.05, 0) is 12.1 Å². The maximum absolute atomic E-state index is 9.42. The van der Waals surface area contributed by atoms with E-state index in [-0.39, 0.29) is 11.8 Å². The highest BCUT2D eigenvalue weighted by Gasteiger charge is 2.08. The van der Waals surface area contributed by atoms with Crippen LogP contribution < -0.4 is 5.73 Å². The van der Waals surface area contributed by atoms with Crippen LogP contribution in [0, 0.1) is 0 Å². The molecule has 0 spiro atoms. The van der Waals surface area contributed by atoms with Gasteiger partial charge in [-0.2, -0.15) is 4.98 Å². The van der Waals surface area contributed by atoms with E-state index in [0.717, 1.165) is 18.8 Å². The molecule has 3 N–H and O–H groups in total. The predicted molar refractivity (Wildman–Crippen MR) is 74.3 cm³/mol. The number of aromatic hydroxyl groups is 1. The van der Waals surface area contributed by atoms with Crippen molar-refractivity contribution in [2.45, 2.75) is 20.0 Å². The molecule has 19 heavy (non-hydrogen) atoms. The largest absolute Gasteiger partial charge is 0.493 e. The lowest BCUT2D eigenvalue weighted by molar-refractivity contribution is 0.267. The van der Waals surface area contributed by atoms with Gasteiger partial charge in [0.05, 0.1) is 5.69 Å². The zero-order valence-electron chi connectivity index (χ0n) is 11.0. The van der Waals surface area contributed by atoms with E-state index in [2.05, 4.69) is 33.9 Å². The van der Waals surface area contributed by atoms with Gasteiger partial charge in [-0.3, -0.25) is 4.90 Å². The fourth-order valence-electron chi connectivity index (χ4n) is 1.93. The fourth-order valence-corrected chi connectivity index (χ4v) is 1.93. The topological polar surface area (TPSA) is 75.3 Å². The van der Waals surface area contributed by atoms with Crippen LogP contribution in [0.15, 0.2) is 36.4 Å². The lowest BCUT2D eigenvalue weighted by Crippen LogP contribution is -2.23. The SMILES string of the molecule is CCN(Cc1ccccc1)Cc1cc(O)nc(N)n1. The van der Waals surface area contributed by atoms with Crippen LogP contribution in [0.1, 0.15) is 18.2 Å². The van der Waals surface area contributed by atoms with Crippen LogP contribution in [0.25, 0.3) is 0 Å². The lowest BCUT2D eigenvalue weighted by Gasteiger charge is -2.20. The van der Waals surface area contributed by atoms with Crippen molar-refractivity contribution >= 4 is 5.95 Å². The minimum Gasteiger partial charge on any atom is -0.493 e. The fraction of sp³-hybridized carbons (Fsp3) is 0.286. The molecular formula is C14H18N4O. The first kappa shape index (κ1) is 13.3. The highest BCUT2D eigenvalue weighted by molar-refractivity contribution is 5.25. The summed E-state index contributed by atoms with van der Waals surface area (Å²) < 4.78 is 0. The molecule has 5 heteroatoms. The summed E-state index contributed by atoms with van der Waals surface area (Å²) in [5, 5.41) is 9.42. The van der Waals surface area contributed by atoms with Crippen molar-refractivity contribution in [3.63, 3.8) is 0 Å². The van der Waals surface area contributed by atoms with Crippen molar-refractivity contribution in [3.8, 4) is 5.88 Å². The molecule has 1 aromatic carbocycles. The highest BCUT2D eigenvalue weighted by atomic mass is 16.3. The van der Waals surface area contributed by atoms with Crippen molar-refractivity contribution in [3.05, 3.63) is 47.7 Å². The molecule has 0 saturated heterocycles. The maximum Gasteiger partial charge on any atom is 0.223 e. The molecule has 0 aliphatic rings. The van der Waals surface area contributed by atoms with Gasteiger partial charge in [0, 0.05) is 19.2 Å². The second kappa shape index (κ2) is 6.15. The van der Waals surface area contributed by atoms with Crippen LogP contribution in [0.3, 0.4) is 0 Å². The van der Waals surface area contributed by atoms with E-state index in [1.54, 1.807) is 6.07 Å². The number of rotatable bonds is 5. The van der Waals surface area contributed by atoms with Crippen molar-refractivity contribution in [1.29, 1.82) is 0 Å². The summed E-state index contributed by atoms with van der Waals surface area (Å²) >= 11 is 0. The molecule has 100 valence electrons.